The number of ether oxygens (including phenoxy) is 1. The summed E-state index contributed by atoms with van der Waals surface area (Å²) < 4.78 is 10.9. The largest absolute Gasteiger partial charge is 0.480 e. The zero-order chi connectivity index (χ0) is 26.7. The lowest BCUT2D eigenvalue weighted by Gasteiger charge is -2.40. The Balaban J connectivity index is 1.38. The maximum atomic E-state index is 12.6. The molecule has 5 atom stereocenters. The second-order valence-electron chi connectivity index (χ2n) is 9.26. The van der Waals surface area contributed by atoms with Gasteiger partial charge in [0.1, 0.15) is 41.7 Å². The van der Waals surface area contributed by atoms with Crippen LogP contribution in [-0.2, 0) is 9.53 Å². The van der Waals surface area contributed by atoms with Crippen LogP contribution in [0.5, 0.6) is 0 Å². The molecule has 3 heterocycles. The van der Waals surface area contributed by atoms with E-state index in [1.807, 2.05) is 4.90 Å². The van der Waals surface area contributed by atoms with Crippen LogP contribution in [0.2, 0.25) is 0 Å². The smallest absolute Gasteiger partial charge is 0.349 e. The first-order valence-electron chi connectivity index (χ1n) is 12.0. The van der Waals surface area contributed by atoms with Crippen molar-refractivity contribution in [2.75, 3.05) is 52.4 Å². The lowest BCUT2D eigenvalue weighted by Crippen LogP contribution is -2.55. The van der Waals surface area contributed by atoms with Crippen molar-refractivity contribution in [2.24, 2.45) is 0 Å². The number of carbonyl (C=O) groups is 2. The van der Waals surface area contributed by atoms with Gasteiger partial charge in [-0.05, 0) is 17.7 Å². The third-order valence-electron chi connectivity index (χ3n) is 6.76. The van der Waals surface area contributed by atoms with Gasteiger partial charge in [0.05, 0.1) is 13.2 Å². The summed E-state index contributed by atoms with van der Waals surface area (Å²) >= 11 is 0. The van der Waals surface area contributed by atoms with Crippen molar-refractivity contribution in [3.05, 3.63) is 45.8 Å². The molecule has 1 aromatic heterocycles. The minimum Gasteiger partial charge on any atom is -0.480 e. The summed E-state index contributed by atoms with van der Waals surface area (Å²) in [5, 5.41) is 51.8. The molecule has 0 radical (unpaired) electrons. The summed E-state index contributed by atoms with van der Waals surface area (Å²) in [5.41, 5.74) is -0.527. The first kappa shape index (κ1) is 27.1. The lowest BCUT2D eigenvalue weighted by molar-refractivity contribution is -0.231. The topological polar surface area (TPSA) is 193 Å². The van der Waals surface area contributed by atoms with Gasteiger partial charge in [-0.2, -0.15) is 0 Å². The quantitative estimate of drug-likeness (QED) is 0.205. The molecule has 37 heavy (non-hydrogen) atoms. The van der Waals surface area contributed by atoms with Gasteiger partial charge in [-0.25, -0.2) is 4.79 Å². The molecule has 2 aliphatic rings. The van der Waals surface area contributed by atoms with E-state index < -0.39 is 54.6 Å². The van der Waals surface area contributed by atoms with Crippen molar-refractivity contribution in [1.82, 2.24) is 15.1 Å². The van der Waals surface area contributed by atoms with Crippen LogP contribution in [0.4, 0.5) is 0 Å². The van der Waals surface area contributed by atoms with Crippen LogP contribution in [0, 0.1) is 0 Å². The van der Waals surface area contributed by atoms with Gasteiger partial charge in [-0.3, -0.25) is 19.4 Å². The number of carbonyl (C=O) groups excluding carboxylic acids is 1. The Labute approximate surface area is 211 Å². The highest BCUT2D eigenvalue weighted by Crippen LogP contribution is 2.33. The van der Waals surface area contributed by atoms with Crippen LogP contribution in [0.25, 0.3) is 11.0 Å². The Morgan fingerprint density at radius 2 is 1.70 bits per heavy atom. The van der Waals surface area contributed by atoms with Gasteiger partial charge in [0, 0.05) is 44.7 Å². The number of hydrogen-bond donors (Lipinski definition) is 6. The minimum absolute atomic E-state index is 0.00628. The molecule has 0 bridgehead atoms. The van der Waals surface area contributed by atoms with Crippen molar-refractivity contribution < 1.29 is 44.3 Å². The maximum Gasteiger partial charge on any atom is 0.349 e. The Bertz CT molecular complexity index is 1180. The fourth-order valence-electron chi connectivity index (χ4n) is 4.63. The normalized spacial score (nSPS) is 27.3. The Morgan fingerprint density at radius 1 is 1.00 bits per heavy atom. The molecule has 13 nitrogen and oxygen atoms in total. The molecule has 2 saturated heterocycles. The van der Waals surface area contributed by atoms with E-state index in [0.717, 1.165) is 0 Å². The van der Waals surface area contributed by atoms with Crippen LogP contribution in [0.3, 0.4) is 0 Å². The van der Waals surface area contributed by atoms with Crippen molar-refractivity contribution in [2.45, 2.75) is 30.5 Å². The molecule has 2 aliphatic heterocycles. The Hall–Kier alpha value is -2.91. The van der Waals surface area contributed by atoms with Gasteiger partial charge < -0.3 is 40.0 Å². The predicted molar refractivity (Wildman–Crippen MR) is 128 cm³/mol. The zero-order valence-corrected chi connectivity index (χ0v) is 20.0. The number of carboxylic acid groups (broad SMARTS) is 1. The molecule has 2 aromatic rings. The predicted octanol–water partition coefficient (Wildman–Crippen LogP) is -2.26. The molecule has 0 aliphatic carbocycles. The number of nitrogens with zero attached hydrogens (tertiary/aromatic N) is 2. The van der Waals surface area contributed by atoms with Gasteiger partial charge in [0.25, 0.3) is 5.91 Å². The molecule has 1 amide bonds. The van der Waals surface area contributed by atoms with Crippen LogP contribution >= 0.6 is 0 Å². The van der Waals surface area contributed by atoms with Crippen molar-refractivity contribution in [3.63, 3.8) is 0 Å². The molecule has 13 heteroatoms. The number of benzene rings is 1. The average molecular weight is 522 g/mol. The first-order valence-corrected chi connectivity index (χ1v) is 12.0. The molecule has 6 N–H and O–H groups in total. The van der Waals surface area contributed by atoms with Crippen LogP contribution in [0.1, 0.15) is 22.0 Å². The summed E-state index contributed by atoms with van der Waals surface area (Å²) in [5.74, 6) is -1.45. The number of amides is 1. The molecular formula is C24H31N3O10. The summed E-state index contributed by atoms with van der Waals surface area (Å²) in [6.07, 6.45) is -6.67. The van der Waals surface area contributed by atoms with E-state index in [0.29, 0.717) is 50.2 Å². The number of nitrogens with one attached hydrogen (secondary N) is 1. The highest BCUT2D eigenvalue weighted by atomic mass is 16.5. The number of carboxylic acids is 1. The van der Waals surface area contributed by atoms with E-state index in [1.165, 1.54) is 12.1 Å². The molecule has 2 fully saturated rings. The monoisotopic (exact) mass is 521 g/mol. The first-order chi connectivity index (χ1) is 17.7. The van der Waals surface area contributed by atoms with Gasteiger partial charge in [0.2, 0.25) is 0 Å². The van der Waals surface area contributed by atoms with E-state index in [9.17, 15) is 34.8 Å². The molecule has 1 aromatic carbocycles. The summed E-state index contributed by atoms with van der Waals surface area (Å²) in [6, 6.07) is 5.98. The van der Waals surface area contributed by atoms with Crippen molar-refractivity contribution >= 4 is 22.8 Å². The fourth-order valence-corrected chi connectivity index (χ4v) is 4.63. The van der Waals surface area contributed by atoms with E-state index in [4.69, 9.17) is 14.3 Å². The van der Waals surface area contributed by atoms with Crippen molar-refractivity contribution in [3.8, 4) is 0 Å². The van der Waals surface area contributed by atoms with E-state index in [1.54, 1.807) is 12.1 Å². The second kappa shape index (κ2) is 11.6. The average Bonchev–Trinajstić information content (AvgIpc) is 2.87. The SMILES string of the molecule is O=C(O)CN1CCN(CCNC(=O)c2cc3ccc([C@@H]4O[C@H](CO)[C@H](O)[C@H](O)[C@H]4O)cc3oc2=O)CC1. The van der Waals surface area contributed by atoms with Gasteiger partial charge >= 0.3 is 11.6 Å². The zero-order valence-electron chi connectivity index (χ0n) is 20.0. The molecule has 0 unspecified atom stereocenters. The highest BCUT2D eigenvalue weighted by molar-refractivity contribution is 5.96. The van der Waals surface area contributed by atoms with E-state index in [2.05, 4.69) is 10.2 Å². The molecule has 4 rings (SSSR count). The Morgan fingerprint density at radius 3 is 2.38 bits per heavy atom. The van der Waals surface area contributed by atoms with Crippen LogP contribution in [-0.4, -0.2) is 124 Å². The molecule has 202 valence electrons. The number of aliphatic hydroxyl groups is 4. The maximum absolute atomic E-state index is 12.6. The summed E-state index contributed by atoms with van der Waals surface area (Å²) in [6.45, 7) is 2.89. The number of fused-ring (bicyclic) bond motifs is 1. The van der Waals surface area contributed by atoms with Gasteiger partial charge in [-0.1, -0.05) is 12.1 Å². The Kier molecular flexibility index (Phi) is 8.54. The van der Waals surface area contributed by atoms with E-state index in [-0.39, 0.29) is 17.7 Å². The number of rotatable bonds is 8. The third kappa shape index (κ3) is 6.15. The molecule has 0 saturated carbocycles. The third-order valence-corrected chi connectivity index (χ3v) is 6.76. The summed E-state index contributed by atoms with van der Waals surface area (Å²) in [4.78, 5) is 39.9. The summed E-state index contributed by atoms with van der Waals surface area (Å²) in [7, 11) is 0. The standard InChI is InChI=1S/C24H31N3O10/c28-12-17-19(31)20(32)21(33)22(36-17)14-2-1-13-9-15(24(35)37-16(13)10-14)23(34)25-3-4-26-5-7-27(8-6-26)11-18(29)30/h1-2,9-10,17,19-22,28,31-33H,3-8,11-12H2,(H,25,34)(H,29,30)/t17-,19+,20+,21-,22+/m1/s1. The number of hydrogen-bond acceptors (Lipinski definition) is 11. The van der Waals surface area contributed by atoms with Crippen LogP contribution in [0.15, 0.2) is 33.5 Å². The fraction of sp³-hybridized carbons (Fsp3) is 0.542. The van der Waals surface area contributed by atoms with Gasteiger partial charge in [-0.15, -0.1) is 0 Å². The molecule has 0 spiro atoms. The second-order valence-corrected chi connectivity index (χ2v) is 9.26. The minimum atomic E-state index is -1.54. The highest BCUT2D eigenvalue weighted by Gasteiger charge is 2.44. The van der Waals surface area contributed by atoms with E-state index >= 15 is 0 Å². The number of aliphatic carboxylic acids is 1. The lowest BCUT2D eigenvalue weighted by atomic mass is 9.91. The van der Waals surface area contributed by atoms with Gasteiger partial charge in [0.15, 0.2) is 0 Å². The van der Waals surface area contributed by atoms with Crippen LogP contribution < -0.4 is 10.9 Å². The number of aliphatic hydroxyl groups excluding tert-OH is 4. The molecular weight excluding hydrogens is 490 g/mol. The van der Waals surface area contributed by atoms with Crippen molar-refractivity contribution in [1.29, 1.82) is 0 Å². The number of piperazine rings is 1.